The molecule has 1 aromatic heterocycles. The summed E-state index contributed by atoms with van der Waals surface area (Å²) in [6, 6.07) is 5.24. The molecule has 22 heavy (non-hydrogen) atoms. The second-order valence-electron chi connectivity index (χ2n) is 5.17. The molecule has 0 saturated carbocycles. The second kappa shape index (κ2) is 6.83. The van der Waals surface area contributed by atoms with Gasteiger partial charge in [-0.25, -0.2) is 4.98 Å². The molecule has 0 saturated heterocycles. The number of rotatable bonds is 7. The standard InChI is InChI=1S/C15H19F2N3O2/c1-3-6-11(14(21)22)18-9(2)13-19-10-7-4-5-8-12(10)20(13)15(16)17/h4-5,7-9,11,15,18H,3,6H2,1-2H3,(H,21,22). The lowest BCUT2D eigenvalue weighted by atomic mass is 10.1. The molecular formula is C15H19F2N3O2. The van der Waals surface area contributed by atoms with E-state index in [1.165, 1.54) is 0 Å². The highest BCUT2D eigenvalue weighted by atomic mass is 19.3. The Morgan fingerprint density at radius 3 is 2.68 bits per heavy atom. The van der Waals surface area contributed by atoms with Gasteiger partial charge in [0.2, 0.25) is 0 Å². The quantitative estimate of drug-likeness (QED) is 0.823. The van der Waals surface area contributed by atoms with Crippen LogP contribution in [-0.2, 0) is 4.79 Å². The number of alkyl halides is 2. The lowest BCUT2D eigenvalue weighted by Gasteiger charge is -2.20. The van der Waals surface area contributed by atoms with Gasteiger partial charge in [0, 0.05) is 0 Å². The minimum absolute atomic E-state index is 0.138. The van der Waals surface area contributed by atoms with Gasteiger partial charge in [0.15, 0.2) is 0 Å². The normalized spacial score (nSPS) is 14.4. The van der Waals surface area contributed by atoms with Crippen LogP contribution in [0.4, 0.5) is 8.78 Å². The molecule has 0 spiro atoms. The highest BCUT2D eigenvalue weighted by Crippen LogP contribution is 2.26. The molecule has 0 bridgehead atoms. The van der Waals surface area contributed by atoms with Crippen LogP contribution in [0.1, 0.15) is 45.1 Å². The molecule has 2 rings (SSSR count). The Morgan fingerprint density at radius 2 is 2.09 bits per heavy atom. The first kappa shape index (κ1) is 16.4. The van der Waals surface area contributed by atoms with Crippen molar-refractivity contribution in [2.24, 2.45) is 0 Å². The molecule has 7 heteroatoms. The Balaban J connectivity index is 2.36. The Bertz CT molecular complexity index is 657. The molecule has 0 fully saturated rings. The number of halogens is 2. The number of benzene rings is 1. The molecule has 1 heterocycles. The van der Waals surface area contributed by atoms with Crippen molar-refractivity contribution in [1.29, 1.82) is 0 Å². The van der Waals surface area contributed by atoms with Crippen molar-refractivity contribution >= 4 is 17.0 Å². The van der Waals surface area contributed by atoms with Crippen LogP contribution in [0.2, 0.25) is 0 Å². The van der Waals surface area contributed by atoms with Crippen LogP contribution >= 0.6 is 0 Å². The summed E-state index contributed by atoms with van der Waals surface area (Å²) in [5, 5.41) is 12.1. The van der Waals surface area contributed by atoms with E-state index in [0.29, 0.717) is 23.9 Å². The molecular weight excluding hydrogens is 292 g/mol. The number of fused-ring (bicyclic) bond motifs is 1. The maximum Gasteiger partial charge on any atom is 0.320 e. The number of carbonyl (C=O) groups is 1. The monoisotopic (exact) mass is 311 g/mol. The van der Waals surface area contributed by atoms with Gasteiger partial charge in [0.1, 0.15) is 11.9 Å². The van der Waals surface area contributed by atoms with Crippen molar-refractivity contribution in [3.63, 3.8) is 0 Å². The number of nitrogens with one attached hydrogen (secondary N) is 1. The second-order valence-corrected chi connectivity index (χ2v) is 5.17. The van der Waals surface area contributed by atoms with Crippen molar-refractivity contribution in [3.05, 3.63) is 30.1 Å². The van der Waals surface area contributed by atoms with Gasteiger partial charge in [0.05, 0.1) is 17.1 Å². The van der Waals surface area contributed by atoms with Crippen LogP contribution in [0.3, 0.4) is 0 Å². The molecule has 0 aliphatic carbocycles. The third-order valence-corrected chi connectivity index (χ3v) is 3.53. The SMILES string of the molecule is CCCC(NC(C)c1nc2ccccc2n1C(F)F)C(=O)O. The number of hydrogen-bond acceptors (Lipinski definition) is 3. The summed E-state index contributed by atoms with van der Waals surface area (Å²) in [5.41, 5.74) is 0.803. The first-order valence-electron chi connectivity index (χ1n) is 7.19. The van der Waals surface area contributed by atoms with E-state index in [-0.39, 0.29) is 5.82 Å². The number of nitrogens with zero attached hydrogens (tertiary/aromatic N) is 2. The topological polar surface area (TPSA) is 67.2 Å². The van der Waals surface area contributed by atoms with E-state index in [9.17, 15) is 18.7 Å². The van der Waals surface area contributed by atoms with E-state index in [1.807, 2.05) is 6.92 Å². The van der Waals surface area contributed by atoms with Crippen LogP contribution in [-0.4, -0.2) is 26.7 Å². The van der Waals surface area contributed by atoms with Crippen molar-refractivity contribution in [2.75, 3.05) is 0 Å². The highest BCUT2D eigenvalue weighted by Gasteiger charge is 2.25. The Morgan fingerprint density at radius 1 is 1.41 bits per heavy atom. The van der Waals surface area contributed by atoms with Gasteiger partial charge in [-0.2, -0.15) is 8.78 Å². The third-order valence-electron chi connectivity index (χ3n) is 3.53. The zero-order chi connectivity index (χ0) is 16.3. The van der Waals surface area contributed by atoms with E-state index in [2.05, 4.69) is 10.3 Å². The zero-order valence-corrected chi connectivity index (χ0v) is 12.5. The van der Waals surface area contributed by atoms with E-state index in [0.717, 1.165) is 4.57 Å². The first-order chi connectivity index (χ1) is 10.5. The van der Waals surface area contributed by atoms with Crippen LogP contribution in [0.15, 0.2) is 24.3 Å². The molecule has 2 N–H and O–H groups in total. The van der Waals surface area contributed by atoms with Gasteiger partial charge in [-0.15, -0.1) is 0 Å². The van der Waals surface area contributed by atoms with E-state index < -0.39 is 24.6 Å². The summed E-state index contributed by atoms with van der Waals surface area (Å²) in [7, 11) is 0. The summed E-state index contributed by atoms with van der Waals surface area (Å²) in [4.78, 5) is 15.4. The highest BCUT2D eigenvalue weighted by molar-refractivity contribution is 5.76. The summed E-state index contributed by atoms with van der Waals surface area (Å²) >= 11 is 0. The van der Waals surface area contributed by atoms with E-state index in [1.54, 1.807) is 31.2 Å². The van der Waals surface area contributed by atoms with Crippen molar-refractivity contribution in [1.82, 2.24) is 14.9 Å². The number of aliphatic carboxylic acids is 1. The molecule has 2 unspecified atom stereocenters. The molecule has 2 aromatic rings. The maximum atomic E-state index is 13.4. The minimum Gasteiger partial charge on any atom is -0.480 e. The van der Waals surface area contributed by atoms with Gasteiger partial charge in [-0.05, 0) is 25.5 Å². The van der Waals surface area contributed by atoms with Gasteiger partial charge in [-0.1, -0.05) is 25.5 Å². The molecule has 0 amide bonds. The Kier molecular flexibility index (Phi) is 5.07. The van der Waals surface area contributed by atoms with E-state index in [4.69, 9.17) is 0 Å². The van der Waals surface area contributed by atoms with Crippen LogP contribution < -0.4 is 5.32 Å². The number of carboxylic acid groups (broad SMARTS) is 1. The lowest BCUT2D eigenvalue weighted by Crippen LogP contribution is -2.39. The smallest absolute Gasteiger partial charge is 0.320 e. The van der Waals surface area contributed by atoms with Gasteiger partial charge in [-0.3, -0.25) is 14.7 Å². The van der Waals surface area contributed by atoms with Crippen molar-refractivity contribution in [2.45, 2.75) is 45.3 Å². The lowest BCUT2D eigenvalue weighted by molar-refractivity contribution is -0.139. The van der Waals surface area contributed by atoms with Gasteiger partial charge in [0.25, 0.3) is 0 Å². The predicted molar refractivity (Wildman–Crippen MR) is 78.9 cm³/mol. The molecule has 120 valence electrons. The Labute approximate surface area is 127 Å². The predicted octanol–water partition coefficient (Wildman–Crippen LogP) is 3.34. The largest absolute Gasteiger partial charge is 0.480 e. The molecule has 1 aromatic carbocycles. The Hall–Kier alpha value is -2.02. The number of imidazole rings is 1. The third kappa shape index (κ3) is 3.24. The zero-order valence-electron chi connectivity index (χ0n) is 12.5. The number of para-hydroxylation sites is 2. The maximum absolute atomic E-state index is 13.4. The number of hydrogen-bond donors (Lipinski definition) is 2. The molecule has 0 radical (unpaired) electrons. The van der Waals surface area contributed by atoms with Crippen LogP contribution in [0, 0.1) is 0 Å². The van der Waals surface area contributed by atoms with Gasteiger partial charge >= 0.3 is 12.5 Å². The molecule has 0 aliphatic heterocycles. The fourth-order valence-corrected chi connectivity index (χ4v) is 2.52. The molecule has 5 nitrogen and oxygen atoms in total. The number of carboxylic acids is 1. The van der Waals surface area contributed by atoms with E-state index >= 15 is 0 Å². The molecule has 2 atom stereocenters. The van der Waals surface area contributed by atoms with Crippen molar-refractivity contribution in [3.8, 4) is 0 Å². The fourth-order valence-electron chi connectivity index (χ4n) is 2.52. The van der Waals surface area contributed by atoms with Gasteiger partial charge < -0.3 is 5.11 Å². The number of aromatic nitrogens is 2. The molecule has 0 aliphatic rings. The average Bonchev–Trinajstić information content (AvgIpc) is 2.86. The average molecular weight is 311 g/mol. The minimum atomic E-state index is -2.74. The summed E-state index contributed by atoms with van der Waals surface area (Å²) < 4.78 is 27.6. The van der Waals surface area contributed by atoms with Crippen LogP contribution in [0.5, 0.6) is 0 Å². The fraction of sp³-hybridized carbons (Fsp3) is 0.467. The first-order valence-corrected chi connectivity index (χ1v) is 7.19. The van der Waals surface area contributed by atoms with Crippen LogP contribution in [0.25, 0.3) is 11.0 Å². The summed E-state index contributed by atoms with van der Waals surface area (Å²) in [5.74, 6) is -0.855. The summed E-state index contributed by atoms with van der Waals surface area (Å²) in [6.45, 7) is 0.781. The summed E-state index contributed by atoms with van der Waals surface area (Å²) in [6.07, 6.45) is 1.11. The van der Waals surface area contributed by atoms with Crippen molar-refractivity contribution < 1.29 is 18.7 Å².